The highest BCUT2D eigenvalue weighted by atomic mass is 35.5. The van der Waals surface area contributed by atoms with Crippen LogP contribution >= 0.6 is 11.6 Å². The smallest absolute Gasteiger partial charge is 0.0408 e. The third-order valence-electron chi connectivity index (χ3n) is 3.51. The average molecular weight is 239 g/mol. The molecule has 0 saturated heterocycles. The van der Waals surface area contributed by atoms with Crippen molar-refractivity contribution in [2.45, 2.75) is 44.1 Å². The molecule has 88 valence electrons. The molecule has 2 nitrogen and oxygen atoms in total. The van der Waals surface area contributed by atoms with E-state index in [0.29, 0.717) is 12.0 Å². The van der Waals surface area contributed by atoms with Crippen LogP contribution in [0.25, 0.3) is 0 Å². The van der Waals surface area contributed by atoms with Crippen LogP contribution in [-0.2, 0) is 0 Å². The normalized spacial score (nSPS) is 26.4. The lowest BCUT2D eigenvalue weighted by molar-refractivity contribution is 0.418. The fourth-order valence-corrected chi connectivity index (χ4v) is 2.84. The van der Waals surface area contributed by atoms with Crippen LogP contribution in [0.2, 0.25) is 5.02 Å². The van der Waals surface area contributed by atoms with Gasteiger partial charge in [0, 0.05) is 17.0 Å². The van der Waals surface area contributed by atoms with Gasteiger partial charge in [-0.25, -0.2) is 0 Å². The van der Waals surface area contributed by atoms with Crippen molar-refractivity contribution in [1.29, 1.82) is 0 Å². The van der Waals surface area contributed by atoms with Crippen LogP contribution in [0.5, 0.6) is 0 Å². The molecule has 1 aliphatic rings. The standard InChI is InChI=1S/C13H19ClN2/c14-11-6-4-5-10(9-11)12-7-2-1-3-8-13(12)16-15/h4-6,9,12-13,16H,1-3,7-8,15H2. The van der Waals surface area contributed by atoms with Crippen LogP contribution in [0.1, 0.15) is 43.6 Å². The van der Waals surface area contributed by atoms with Crippen molar-refractivity contribution < 1.29 is 0 Å². The number of rotatable bonds is 2. The number of hydrogen-bond acceptors (Lipinski definition) is 2. The Labute approximate surface area is 102 Å². The second-order valence-corrected chi connectivity index (χ2v) is 5.01. The first-order valence-corrected chi connectivity index (χ1v) is 6.40. The lowest BCUT2D eigenvalue weighted by Gasteiger charge is -2.24. The van der Waals surface area contributed by atoms with Crippen molar-refractivity contribution in [2.75, 3.05) is 0 Å². The Kier molecular flexibility index (Phi) is 4.22. The van der Waals surface area contributed by atoms with Gasteiger partial charge >= 0.3 is 0 Å². The summed E-state index contributed by atoms with van der Waals surface area (Å²) >= 11 is 6.04. The van der Waals surface area contributed by atoms with Crippen molar-refractivity contribution in [3.05, 3.63) is 34.9 Å². The Morgan fingerprint density at radius 1 is 1.19 bits per heavy atom. The molecule has 0 amide bonds. The van der Waals surface area contributed by atoms with E-state index in [0.717, 1.165) is 11.4 Å². The first-order chi connectivity index (χ1) is 7.81. The fourth-order valence-electron chi connectivity index (χ4n) is 2.64. The first-order valence-electron chi connectivity index (χ1n) is 6.03. The summed E-state index contributed by atoms with van der Waals surface area (Å²) < 4.78 is 0. The Balaban J connectivity index is 2.21. The van der Waals surface area contributed by atoms with Gasteiger partial charge in [0.25, 0.3) is 0 Å². The molecule has 1 saturated carbocycles. The Morgan fingerprint density at radius 2 is 2.00 bits per heavy atom. The number of hydrazine groups is 1. The highest BCUT2D eigenvalue weighted by molar-refractivity contribution is 6.30. The Bertz CT molecular complexity index is 340. The topological polar surface area (TPSA) is 38.0 Å². The third-order valence-corrected chi connectivity index (χ3v) is 3.74. The molecule has 1 aromatic carbocycles. The Morgan fingerprint density at radius 3 is 2.75 bits per heavy atom. The predicted octanol–water partition coefficient (Wildman–Crippen LogP) is 3.22. The molecule has 0 bridgehead atoms. The zero-order valence-corrected chi connectivity index (χ0v) is 10.2. The number of halogens is 1. The molecule has 0 aliphatic heterocycles. The molecule has 1 aromatic rings. The number of nitrogens with one attached hydrogen (secondary N) is 1. The lowest BCUT2D eigenvalue weighted by atomic mass is 9.88. The third kappa shape index (κ3) is 2.76. The van der Waals surface area contributed by atoms with Crippen LogP contribution in [0.4, 0.5) is 0 Å². The van der Waals surface area contributed by atoms with E-state index in [-0.39, 0.29) is 0 Å². The van der Waals surface area contributed by atoms with Crippen LogP contribution < -0.4 is 11.3 Å². The molecule has 2 rings (SSSR count). The van der Waals surface area contributed by atoms with Gasteiger partial charge in [-0.2, -0.15) is 0 Å². The minimum absolute atomic E-state index is 0.390. The summed E-state index contributed by atoms with van der Waals surface area (Å²) in [6.45, 7) is 0. The van der Waals surface area contributed by atoms with Gasteiger partial charge in [0.1, 0.15) is 0 Å². The van der Waals surface area contributed by atoms with E-state index in [4.69, 9.17) is 17.4 Å². The average Bonchev–Trinajstić information content (AvgIpc) is 2.53. The van der Waals surface area contributed by atoms with Gasteiger partial charge in [-0.15, -0.1) is 0 Å². The number of hydrogen-bond donors (Lipinski definition) is 2. The monoisotopic (exact) mass is 238 g/mol. The molecule has 16 heavy (non-hydrogen) atoms. The molecule has 2 unspecified atom stereocenters. The highest BCUT2D eigenvalue weighted by Crippen LogP contribution is 2.32. The molecule has 3 N–H and O–H groups in total. The van der Waals surface area contributed by atoms with E-state index >= 15 is 0 Å². The summed E-state index contributed by atoms with van der Waals surface area (Å²) in [5.74, 6) is 6.16. The first kappa shape index (κ1) is 11.9. The molecule has 2 atom stereocenters. The van der Waals surface area contributed by atoms with Gasteiger partial charge in [-0.3, -0.25) is 11.3 Å². The van der Waals surface area contributed by atoms with Gasteiger partial charge in [0.05, 0.1) is 0 Å². The van der Waals surface area contributed by atoms with Crippen molar-refractivity contribution in [1.82, 2.24) is 5.43 Å². The van der Waals surface area contributed by atoms with Crippen LogP contribution in [-0.4, -0.2) is 6.04 Å². The maximum Gasteiger partial charge on any atom is 0.0408 e. The van der Waals surface area contributed by atoms with Crippen LogP contribution in [0, 0.1) is 0 Å². The summed E-state index contributed by atoms with van der Waals surface area (Å²) in [4.78, 5) is 0. The molecular weight excluding hydrogens is 220 g/mol. The van der Waals surface area contributed by atoms with Gasteiger partial charge in [-0.1, -0.05) is 43.0 Å². The highest BCUT2D eigenvalue weighted by Gasteiger charge is 2.24. The summed E-state index contributed by atoms with van der Waals surface area (Å²) in [6, 6.07) is 8.57. The van der Waals surface area contributed by atoms with E-state index < -0.39 is 0 Å². The van der Waals surface area contributed by atoms with E-state index in [1.807, 2.05) is 12.1 Å². The van der Waals surface area contributed by atoms with Crippen molar-refractivity contribution >= 4 is 11.6 Å². The number of nitrogens with two attached hydrogens (primary N) is 1. The maximum absolute atomic E-state index is 6.04. The van der Waals surface area contributed by atoms with Gasteiger partial charge in [0.2, 0.25) is 0 Å². The number of benzene rings is 1. The molecular formula is C13H19ClN2. The zero-order chi connectivity index (χ0) is 11.4. The molecule has 1 fully saturated rings. The van der Waals surface area contributed by atoms with Gasteiger partial charge < -0.3 is 0 Å². The second-order valence-electron chi connectivity index (χ2n) is 4.57. The minimum Gasteiger partial charge on any atom is -0.271 e. The van der Waals surface area contributed by atoms with Crippen molar-refractivity contribution in [2.24, 2.45) is 5.84 Å². The fraction of sp³-hybridized carbons (Fsp3) is 0.538. The molecule has 3 heteroatoms. The largest absolute Gasteiger partial charge is 0.271 e. The molecule has 0 spiro atoms. The van der Waals surface area contributed by atoms with Gasteiger partial charge in [-0.05, 0) is 30.5 Å². The SMILES string of the molecule is NNC1CCCCCC1c1cccc(Cl)c1. The van der Waals surface area contributed by atoms with Crippen LogP contribution in [0.15, 0.2) is 24.3 Å². The predicted molar refractivity (Wildman–Crippen MR) is 68.4 cm³/mol. The van der Waals surface area contributed by atoms with Gasteiger partial charge in [0.15, 0.2) is 0 Å². The quantitative estimate of drug-likeness (QED) is 0.472. The Hall–Kier alpha value is -0.570. The molecule has 0 heterocycles. The van der Waals surface area contributed by atoms with E-state index in [1.54, 1.807) is 0 Å². The maximum atomic E-state index is 6.04. The summed E-state index contributed by atoms with van der Waals surface area (Å²) in [6.07, 6.45) is 6.24. The van der Waals surface area contributed by atoms with Crippen LogP contribution in [0.3, 0.4) is 0 Å². The van der Waals surface area contributed by atoms with E-state index in [9.17, 15) is 0 Å². The van der Waals surface area contributed by atoms with Crippen molar-refractivity contribution in [3.63, 3.8) is 0 Å². The van der Waals surface area contributed by atoms with Crippen molar-refractivity contribution in [3.8, 4) is 0 Å². The molecule has 0 radical (unpaired) electrons. The summed E-state index contributed by atoms with van der Waals surface area (Å²) in [7, 11) is 0. The molecule has 1 aliphatic carbocycles. The molecule has 0 aromatic heterocycles. The minimum atomic E-state index is 0.390. The summed E-state index contributed by atoms with van der Waals surface area (Å²) in [5, 5.41) is 0.817. The second kappa shape index (κ2) is 5.67. The summed E-state index contributed by atoms with van der Waals surface area (Å²) in [5.41, 5.74) is 4.29. The van der Waals surface area contributed by atoms with E-state index in [2.05, 4.69) is 17.6 Å². The lowest BCUT2D eigenvalue weighted by Crippen LogP contribution is -2.39. The zero-order valence-electron chi connectivity index (χ0n) is 9.45. The van der Waals surface area contributed by atoms with E-state index in [1.165, 1.54) is 31.2 Å².